The van der Waals surface area contributed by atoms with Gasteiger partial charge in [0, 0.05) is 17.3 Å². The van der Waals surface area contributed by atoms with E-state index >= 15 is 0 Å². The van der Waals surface area contributed by atoms with E-state index in [2.05, 4.69) is 5.32 Å². The Bertz CT molecular complexity index is 325. The lowest BCUT2D eigenvalue weighted by Gasteiger charge is -2.17. The van der Waals surface area contributed by atoms with Crippen molar-refractivity contribution in [3.05, 3.63) is 16.3 Å². The van der Waals surface area contributed by atoms with Crippen molar-refractivity contribution < 1.29 is 4.79 Å². The lowest BCUT2D eigenvalue weighted by Crippen LogP contribution is -2.36. The molecule has 1 heterocycles. The number of carbonyl (C=O) groups excluding carboxylic acids is 1. The smallest absolute Gasteiger partial charge is 0.226 e. The highest BCUT2D eigenvalue weighted by Crippen LogP contribution is 2.20. The van der Waals surface area contributed by atoms with Crippen molar-refractivity contribution in [3.8, 4) is 0 Å². The molecule has 1 rings (SSSR count). The summed E-state index contributed by atoms with van der Waals surface area (Å²) in [5, 5.41) is 6.77. The van der Waals surface area contributed by atoms with Crippen LogP contribution in [0.3, 0.4) is 0 Å². The van der Waals surface area contributed by atoms with E-state index < -0.39 is 5.54 Å². The first-order valence-electron chi connectivity index (χ1n) is 4.50. The molecule has 78 valence electrons. The molecule has 3 nitrogen and oxygen atoms in total. The third kappa shape index (κ3) is 3.47. The number of hydrogen-bond acceptors (Lipinski definition) is 3. The highest BCUT2D eigenvalue weighted by Gasteiger charge is 2.16. The van der Waals surface area contributed by atoms with Crippen LogP contribution in [-0.4, -0.2) is 11.4 Å². The summed E-state index contributed by atoms with van der Waals surface area (Å²) in [5.41, 5.74) is 7.28. The Morgan fingerprint density at radius 2 is 2.21 bits per heavy atom. The molecule has 0 aliphatic rings. The SMILES string of the molecule is Cc1cscc1NC(=O)CC(C)(C)N. The summed E-state index contributed by atoms with van der Waals surface area (Å²) in [6, 6.07) is 0. The third-order valence-corrected chi connectivity index (χ3v) is 2.61. The molecule has 0 aromatic carbocycles. The van der Waals surface area contributed by atoms with Crippen LogP contribution < -0.4 is 11.1 Å². The maximum absolute atomic E-state index is 11.5. The normalized spacial score (nSPS) is 11.4. The van der Waals surface area contributed by atoms with Crippen LogP contribution in [0.25, 0.3) is 0 Å². The zero-order chi connectivity index (χ0) is 10.8. The second-order valence-corrected chi connectivity index (χ2v) is 4.93. The average Bonchev–Trinajstić information content (AvgIpc) is 2.32. The van der Waals surface area contributed by atoms with Gasteiger partial charge in [0.2, 0.25) is 5.91 Å². The monoisotopic (exact) mass is 212 g/mol. The van der Waals surface area contributed by atoms with Gasteiger partial charge in [-0.15, -0.1) is 11.3 Å². The number of aryl methyl sites for hydroxylation is 1. The topological polar surface area (TPSA) is 55.1 Å². The first-order valence-corrected chi connectivity index (χ1v) is 5.44. The molecule has 0 radical (unpaired) electrons. The zero-order valence-electron chi connectivity index (χ0n) is 8.76. The summed E-state index contributed by atoms with van der Waals surface area (Å²) in [4.78, 5) is 11.5. The van der Waals surface area contributed by atoms with Gasteiger partial charge in [-0.2, -0.15) is 0 Å². The quantitative estimate of drug-likeness (QED) is 0.806. The number of nitrogens with one attached hydrogen (secondary N) is 1. The molecule has 0 saturated heterocycles. The van der Waals surface area contributed by atoms with Crippen molar-refractivity contribution in [3.63, 3.8) is 0 Å². The molecule has 0 atom stereocenters. The van der Waals surface area contributed by atoms with E-state index in [1.807, 2.05) is 31.5 Å². The van der Waals surface area contributed by atoms with E-state index in [1.165, 1.54) is 0 Å². The summed E-state index contributed by atoms with van der Waals surface area (Å²) in [5.74, 6) is -0.0287. The van der Waals surface area contributed by atoms with Gasteiger partial charge in [0.25, 0.3) is 0 Å². The van der Waals surface area contributed by atoms with Crippen molar-refractivity contribution in [2.24, 2.45) is 5.73 Å². The van der Waals surface area contributed by atoms with Crippen molar-refractivity contribution in [1.82, 2.24) is 0 Å². The summed E-state index contributed by atoms with van der Waals surface area (Å²) in [7, 11) is 0. The Morgan fingerprint density at radius 3 is 2.64 bits per heavy atom. The third-order valence-electron chi connectivity index (χ3n) is 1.75. The Kier molecular flexibility index (Phi) is 3.29. The van der Waals surface area contributed by atoms with Crippen molar-refractivity contribution in [2.45, 2.75) is 32.7 Å². The van der Waals surface area contributed by atoms with Gasteiger partial charge in [-0.3, -0.25) is 4.79 Å². The minimum absolute atomic E-state index is 0.0287. The van der Waals surface area contributed by atoms with Crippen molar-refractivity contribution in [1.29, 1.82) is 0 Å². The molecule has 1 aromatic rings. The fourth-order valence-corrected chi connectivity index (χ4v) is 1.88. The number of amides is 1. The predicted octanol–water partition coefficient (Wildman–Crippen LogP) is 2.12. The molecule has 14 heavy (non-hydrogen) atoms. The Labute approximate surface area is 88.3 Å². The highest BCUT2D eigenvalue weighted by atomic mass is 32.1. The van der Waals surface area contributed by atoms with E-state index in [-0.39, 0.29) is 5.91 Å². The molecule has 0 saturated carbocycles. The van der Waals surface area contributed by atoms with E-state index in [1.54, 1.807) is 11.3 Å². The Balaban J connectivity index is 2.54. The first kappa shape index (κ1) is 11.2. The standard InChI is InChI=1S/C10H16N2OS/c1-7-5-14-6-8(7)12-9(13)4-10(2,3)11/h5-6H,4,11H2,1-3H3,(H,12,13). The van der Waals surface area contributed by atoms with E-state index in [9.17, 15) is 4.79 Å². The van der Waals surface area contributed by atoms with Crippen LogP contribution in [0.2, 0.25) is 0 Å². The van der Waals surface area contributed by atoms with Crippen LogP contribution in [0.15, 0.2) is 10.8 Å². The van der Waals surface area contributed by atoms with Gasteiger partial charge in [-0.25, -0.2) is 0 Å². The Morgan fingerprint density at radius 1 is 1.57 bits per heavy atom. The summed E-state index contributed by atoms with van der Waals surface area (Å²) in [6.07, 6.45) is 0.336. The van der Waals surface area contributed by atoms with Crippen molar-refractivity contribution in [2.75, 3.05) is 5.32 Å². The number of rotatable bonds is 3. The minimum atomic E-state index is -0.450. The highest BCUT2D eigenvalue weighted by molar-refractivity contribution is 7.08. The van der Waals surface area contributed by atoms with Gasteiger partial charge in [0.15, 0.2) is 0 Å². The Hall–Kier alpha value is -0.870. The van der Waals surface area contributed by atoms with Crippen LogP contribution in [0.1, 0.15) is 25.8 Å². The molecule has 3 N–H and O–H groups in total. The van der Waals surface area contributed by atoms with Gasteiger partial charge in [0.1, 0.15) is 0 Å². The lowest BCUT2D eigenvalue weighted by molar-refractivity contribution is -0.117. The maximum atomic E-state index is 11.5. The van der Waals surface area contributed by atoms with E-state index in [0.29, 0.717) is 6.42 Å². The largest absolute Gasteiger partial charge is 0.325 e. The number of thiophene rings is 1. The van der Waals surface area contributed by atoms with Crippen LogP contribution >= 0.6 is 11.3 Å². The minimum Gasteiger partial charge on any atom is -0.325 e. The lowest BCUT2D eigenvalue weighted by atomic mass is 10.0. The molecule has 1 amide bonds. The van der Waals surface area contributed by atoms with Crippen LogP contribution in [-0.2, 0) is 4.79 Å². The number of hydrogen-bond donors (Lipinski definition) is 2. The second-order valence-electron chi connectivity index (χ2n) is 4.18. The maximum Gasteiger partial charge on any atom is 0.226 e. The molecule has 0 aliphatic carbocycles. The van der Waals surface area contributed by atoms with E-state index in [4.69, 9.17) is 5.73 Å². The zero-order valence-corrected chi connectivity index (χ0v) is 9.57. The number of carbonyl (C=O) groups is 1. The molecule has 0 fully saturated rings. The van der Waals surface area contributed by atoms with Gasteiger partial charge < -0.3 is 11.1 Å². The van der Waals surface area contributed by atoms with Gasteiger partial charge in [-0.1, -0.05) is 0 Å². The molecule has 4 heteroatoms. The van der Waals surface area contributed by atoms with Crippen LogP contribution in [0.5, 0.6) is 0 Å². The summed E-state index contributed by atoms with van der Waals surface area (Å²) >= 11 is 1.58. The average molecular weight is 212 g/mol. The van der Waals surface area contributed by atoms with Gasteiger partial charge in [-0.05, 0) is 31.7 Å². The summed E-state index contributed by atoms with van der Waals surface area (Å²) < 4.78 is 0. The molecule has 0 spiro atoms. The molecule has 0 unspecified atom stereocenters. The second kappa shape index (κ2) is 4.11. The van der Waals surface area contributed by atoms with Gasteiger partial charge >= 0.3 is 0 Å². The van der Waals surface area contributed by atoms with E-state index in [0.717, 1.165) is 11.3 Å². The predicted molar refractivity (Wildman–Crippen MR) is 60.6 cm³/mol. The van der Waals surface area contributed by atoms with Gasteiger partial charge in [0.05, 0.1) is 5.69 Å². The molecular formula is C10H16N2OS. The number of anilines is 1. The van der Waals surface area contributed by atoms with Crippen LogP contribution in [0, 0.1) is 6.92 Å². The first-order chi connectivity index (χ1) is 6.38. The fourth-order valence-electron chi connectivity index (χ4n) is 1.10. The fraction of sp³-hybridized carbons (Fsp3) is 0.500. The molecule has 0 bridgehead atoms. The summed E-state index contributed by atoms with van der Waals surface area (Å²) in [6.45, 7) is 5.65. The van der Waals surface area contributed by atoms with Crippen molar-refractivity contribution >= 4 is 22.9 Å². The molecule has 1 aromatic heterocycles. The number of nitrogens with two attached hydrogens (primary N) is 1. The molecule has 0 aliphatic heterocycles. The van der Waals surface area contributed by atoms with Crippen LogP contribution in [0.4, 0.5) is 5.69 Å². The molecular weight excluding hydrogens is 196 g/mol.